The SMILES string of the molecule is CC(C)c1nnc2n1[C@@H](C)CN(S(=O)(=O)c1ccc(F)c(Cl)c1)C2. The van der Waals surface area contributed by atoms with Crippen molar-refractivity contribution in [1.82, 2.24) is 19.1 Å². The smallest absolute Gasteiger partial charge is 0.243 e. The van der Waals surface area contributed by atoms with Crippen LogP contribution in [0.25, 0.3) is 0 Å². The Labute approximate surface area is 145 Å². The van der Waals surface area contributed by atoms with Crippen LogP contribution in [0.1, 0.15) is 44.4 Å². The lowest BCUT2D eigenvalue weighted by molar-refractivity contribution is 0.286. The van der Waals surface area contributed by atoms with E-state index in [1.807, 2.05) is 25.3 Å². The van der Waals surface area contributed by atoms with Crippen LogP contribution in [-0.4, -0.2) is 34.0 Å². The second-order valence-corrected chi connectivity index (χ2v) is 8.57. The quantitative estimate of drug-likeness (QED) is 0.830. The molecule has 0 bridgehead atoms. The van der Waals surface area contributed by atoms with Crippen LogP contribution in [0.2, 0.25) is 5.02 Å². The van der Waals surface area contributed by atoms with Crippen LogP contribution in [-0.2, 0) is 16.6 Å². The first-order chi connectivity index (χ1) is 11.2. The van der Waals surface area contributed by atoms with Crippen LogP contribution in [0.5, 0.6) is 0 Å². The minimum absolute atomic E-state index is 0.0295. The molecule has 0 N–H and O–H groups in total. The first kappa shape index (κ1) is 17.3. The molecule has 6 nitrogen and oxygen atoms in total. The Bertz CT molecular complexity index is 882. The Balaban J connectivity index is 1.97. The van der Waals surface area contributed by atoms with E-state index in [9.17, 15) is 12.8 Å². The molecule has 1 atom stereocenters. The summed E-state index contributed by atoms with van der Waals surface area (Å²) in [5.41, 5.74) is 0. The molecule has 0 radical (unpaired) electrons. The third-order valence-corrected chi connectivity index (χ3v) is 6.16. The molecule has 0 saturated heterocycles. The Hall–Kier alpha value is -1.51. The minimum Gasteiger partial charge on any atom is -0.309 e. The molecule has 0 unspecified atom stereocenters. The lowest BCUT2D eigenvalue weighted by Crippen LogP contribution is -2.40. The minimum atomic E-state index is -3.79. The van der Waals surface area contributed by atoms with Gasteiger partial charge in [-0.15, -0.1) is 10.2 Å². The molecule has 1 aliphatic heterocycles. The number of benzene rings is 1. The molecule has 0 aliphatic carbocycles. The lowest BCUT2D eigenvalue weighted by Gasteiger charge is -2.32. The van der Waals surface area contributed by atoms with Crippen LogP contribution in [0, 0.1) is 5.82 Å². The third-order valence-electron chi connectivity index (χ3n) is 4.06. The highest BCUT2D eigenvalue weighted by Gasteiger charge is 2.34. The van der Waals surface area contributed by atoms with Crippen LogP contribution in [0.4, 0.5) is 4.39 Å². The van der Waals surface area contributed by atoms with Crippen molar-refractivity contribution in [3.05, 3.63) is 40.7 Å². The second kappa shape index (κ2) is 6.09. The summed E-state index contributed by atoms with van der Waals surface area (Å²) in [5, 5.41) is 8.11. The van der Waals surface area contributed by atoms with Crippen LogP contribution in [0.15, 0.2) is 23.1 Å². The predicted octanol–water partition coefficient (Wildman–Crippen LogP) is 2.96. The molecule has 0 fully saturated rings. The van der Waals surface area contributed by atoms with E-state index in [-0.39, 0.29) is 28.4 Å². The molecular weight excluding hydrogens is 355 g/mol. The zero-order chi connectivity index (χ0) is 17.6. The van der Waals surface area contributed by atoms with Gasteiger partial charge >= 0.3 is 0 Å². The van der Waals surface area contributed by atoms with Crippen molar-refractivity contribution >= 4 is 21.6 Å². The number of hydrogen-bond donors (Lipinski definition) is 0. The standard InChI is InChI=1S/C15H18ClFN4O2S/c1-9(2)15-19-18-14-8-20(7-10(3)21(14)15)24(22,23)11-4-5-13(17)12(16)6-11/h4-6,9-10H,7-8H2,1-3H3/t10-/m0/s1. The second-order valence-electron chi connectivity index (χ2n) is 6.22. The van der Waals surface area contributed by atoms with Gasteiger partial charge in [-0.1, -0.05) is 25.4 Å². The van der Waals surface area contributed by atoms with Gasteiger partial charge in [0.2, 0.25) is 10.0 Å². The number of aromatic nitrogens is 3. The zero-order valence-electron chi connectivity index (χ0n) is 13.6. The highest BCUT2D eigenvalue weighted by Crippen LogP contribution is 2.30. The maximum atomic E-state index is 13.3. The Morgan fingerprint density at radius 1 is 1.33 bits per heavy atom. The van der Waals surface area contributed by atoms with Gasteiger partial charge < -0.3 is 4.57 Å². The van der Waals surface area contributed by atoms with E-state index >= 15 is 0 Å². The average Bonchev–Trinajstić information content (AvgIpc) is 2.94. The van der Waals surface area contributed by atoms with Crippen LogP contribution < -0.4 is 0 Å². The summed E-state index contributed by atoms with van der Waals surface area (Å²) in [4.78, 5) is -0.0295. The molecule has 1 aliphatic rings. The van der Waals surface area contributed by atoms with Crippen molar-refractivity contribution in [1.29, 1.82) is 0 Å². The summed E-state index contributed by atoms with van der Waals surface area (Å²) in [5.74, 6) is 1.00. The van der Waals surface area contributed by atoms with E-state index in [0.29, 0.717) is 12.4 Å². The number of nitrogens with zero attached hydrogens (tertiary/aromatic N) is 4. The normalized spacial score (nSPS) is 18.8. The van der Waals surface area contributed by atoms with Crippen molar-refractivity contribution in [3.63, 3.8) is 0 Å². The van der Waals surface area contributed by atoms with Crippen molar-refractivity contribution in [2.45, 2.75) is 44.2 Å². The fraction of sp³-hybridized carbons (Fsp3) is 0.467. The van der Waals surface area contributed by atoms with E-state index in [2.05, 4.69) is 10.2 Å². The summed E-state index contributed by atoms with van der Waals surface area (Å²) < 4.78 is 42.3. The number of rotatable bonds is 3. The molecule has 2 heterocycles. The molecule has 24 heavy (non-hydrogen) atoms. The van der Waals surface area contributed by atoms with Gasteiger partial charge in [0.25, 0.3) is 0 Å². The van der Waals surface area contributed by atoms with Gasteiger partial charge in [-0.25, -0.2) is 12.8 Å². The highest BCUT2D eigenvalue weighted by molar-refractivity contribution is 7.89. The van der Waals surface area contributed by atoms with Crippen molar-refractivity contribution in [3.8, 4) is 0 Å². The molecular formula is C15H18ClFN4O2S. The lowest BCUT2D eigenvalue weighted by atomic mass is 10.1. The van der Waals surface area contributed by atoms with E-state index < -0.39 is 15.8 Å². The summed E-state index contributed by atoms with van der Waals surface area (Å²) in [6.07, 6.45) is 0. The highest BCUT2D eigenvalue weighted by atomic mass is 35.5. The van der Waals surface area contributed by atoms with E-state index in [1.165, 1.54) is 10.4 Å². The molecule has 9 heteroatoms. The summed E-state index contributed by atoms with van der Waals surface area (Å²) in [6, 6.07) is 3.32. The van der Waals surface area contributed by atoms with Crippen LogP contribution >= 0.6 is 11.6 Å². The molecule has 1 aromatic carbocycles. The topological polar surface area (TPSA) is 68.1 Å². The van der Waals surface area contributed by atoms with Crippen molar-refractivity contribution in [2.75, 3.05) is 6.54 Å². The van der Waals surface area contributed by atoms with Gasteiger partial charge in [0, 0.05) is 18.5 Å². The first-order valence-corrected chi connectivity index (χ1v) is 9.42. The first-order valence-electron chi connectivity index (χ1n) is 7.60. The van der Waals surface area contributed by atoms with Gasteiger partial charge in [0.15, 0.2) is 0 Å². The average molecular weight is 373 g/mol. The molecule has 0 spiro atoms. The van der Waals surface area contributed by atoms with Gasteiger partial charge in [-0.05, 0) is 25.1 Å². The monoisotopic (exact) mass is 372 g/mol. The fourth-order valence-electron chi connectivity index (χ4n) is 2.89. The number of fused-ring (bicyclic) bond motifs is 1. The zero-order valence-corrected chi connectivity index (χ0v) is 15.1. The summed E-state index contributed by atoms with van der Waals surface area (Å²) in [6.45, 7) is 6.39. The number of hydrogen-bond acceptors (Lipinski definition) is 4. The molecule has 1 aromatic heterocycles. The van der Waals surface area contributed by atoms with E-state index in [1.54, 1.807) is 0 Å². The molecule has 0 amide bonds. The third kappa shape index (κ3) is 2.82. The molecule has 130 valence electrons. The maximum Gasteiger partial charge on any atom is 0.243 e. The Morgan fingerprint density at radius 2 is 2.04 bits per heavy atom. The van der Waals surface area contributed by atoms with Crippen molar-refractivity contribution in [2.24, 2.45) is 0 Å². The van der Waals surface area contributed by atoms with E-state index in [0.717, 1.165) is 18.0 Å². The predicted molar refractivity (Wildman–Crippen MR) is 87.8 cm³/mol. The molecule has 0 saturated carbocycles. The number of halogens is 2. The Morgan fingerprint density at radius 3 is 2.67 bits per heavy atom. The summed E-state index contributed by atoms with van der Waals surface area (Å²) >= 11 is 5.72. The van der Waals surface area contributed by atoms with E-state index in [4.69, 9.17) is 11.6 Å². The van der Waals surface area contributed by atoms with Gasteiger partial charge in [0.1, 0.15) is 17.5 Å². The summed E-state index contributed by atoms with van der Waals surface area (Å²) in [7, 11) is -3.79. The number of sulfonamides is 1. The fourth-order valence-corrected chi connectivity index (χ4v) is 4.63. The van der Waals surface area contributed by atoms with Crippen molar-refractivity contribution < 1.29 is 12.8 Å². The van der Waals surface area contributed by atoms with Gasteiger partial charge in [0.05, 0.1) is 16.5 Å². The molecule has 3 rings (SSSR count). The van der Waals surface area contributed by atoms with Gasteiger partial charge in [-0.2, -0.15) is 4.31 Å². The Kier molecular flexibility index (Phi) is 4.39. The maximum absolute atomic E-state index is 13.3. The molecule has 2 aromatic rings. The largest absolute Gasteiger partial charge is 0.309 e. The van der Waals surface area contributed by atoms with Crippen LogP contribution in [0.3, 0.4) is 0 Å². The van der Waals surface area contributed by atoms with Gasteiger partial charge in [-0.3, -0.25) is 0 Å².